The molecule has 24 heavy (non-hydrogen) atoms. The highest BCUT2D eigenvalue weighted by Gasteiger charge is 2.66. The first kappa shape index (κ1) is 16.6. The van der Waals surface area contributed by atoms with Gasteiger partial charge in [0.05, 0.1) is 23.1 Å². The zero-order valence-corrected chi connectivity index (χ0v) is 15.3. The molecule has 2 saturated carbocycles. The molecule has 1 saturated heterocycles. The Hall–Kier alpha value is -0.890. The quantitative estimate of drug-likeness (QED) is 0.463. The highest BCUT2D eigenvalue weighted by Crippen LogP contribution is 2.60. The molecule has 128 valence electrons. The first-order valence-corrected chi connectivity index (χ1v) is 9.38. The molecule has 8 heteroatoms. The third-order valence-corrected chi connectivity index (χ3v) is 8.63. The molecule has 1 aromatic carbocycles. The Morgan fingerprint density at radius 1 is 1.00 bits per heavy atom. The molecule has 3 aliphatic rings. The first-order valence-electron chi connectivity index (χ1n) is 7.55. The number of halogens is 5. The summed E-state index contributed by atoms with van der Waals surface area (Å²) in [5.74, 6) is -1.54. The standard InChI is InChI=1S/C16H12Br2F3NO2/c17-12-8-5-9(13(12)18)11-10(8)14(23)22(15(11)24)7-3-1-2-6(4-7)16(19,20)21/h1-4,8-13H,5H2/t8-,9+,10+,11-,12-,13-/m1/s1. The van der Waals surface area contributed by atoms with Crippen molar-refractivity contribution < 1.29 is 22.8 Å². The minimum Gasteiger partial charge on any atom is -0.274 e. The monoisotopic (exact) mass is 465 g/mol. The van der Waals surface area contributed by atoms with Crippen molar-refractivity contribution in [2.24, 2.45) is 23.7 Å². The fourth-order valence-corrected chi connectivity index (χ4v) is 6.30. The third kappa shape index (κ3) is 2.14. The number of fused-ring (bicyclic) bond motifs is 5. The number of amides is 2. The number of imide groups is 1. The van der Waals surface area contributed by atoms with Crippen LogP contribution in [0.3, 0.4) is 0 Å². The second-order valence-corrected chi connectivity index (χ2v) is 8.68. The Kier molecular flexibility index (Phi) is 3.66. The number of hydrogen-bond acceptors (Lipinski definition) is 2. The molecule has 1 aromatic rings. The van der Waals surface area contributed by atoms with Crippen LogP contribution in [0.4, 0.5) is 18.9 Å². The van der Waals surface area contributed by atoms with Crippen LogP contribution < -0.4 is 4.90 Å². The van der Waals surface area contributed by atoms with Crippen molar-refractivity contribution in [3.63, 3.8) is 0 Å². The molecule has 3 fully saturated rings. The predicted octanol–water partition coefficient (Wildman–Crippen LogP) is 3.99. The number of carbonyl (C=O) groups is 2. The van der Waals surface area contributed by atoms with E-state index in [9.17, 15) is 22.8 Å². The summed E-state index contributed by atoms with van der Waals surface area (Å²) >= 11 is 7.16. The number of hydrogen-bond donors (Lipinski definition) is 0. The van der Waals surface area contributed by atoms with Crippen molar-refractivity contribution in [3.8, 4) is 0 Å². The van der Waals surface area contributed by atoms with E-state index in [2.05, 4.69) is 31.9 Å². The summed E-state index contributed by atoms with van der Waals surface area (Å²) in [4.78, 5) is 26.7. The largest absolute Gasteiger partial charge is 0.416 e. The van der Waals surface area contributed by atoms with Crippen LogP contribution in [0, 0.1) is 23.7 Å². The lowest BCUT2D eigenvalue weighted by Gasteiger charge is -2.28. The molecule has 6 atom stereocenters. The van der Waals surface area contributed by atoms with Crippen LogP contribution in [0.25, 0.3) is 0 Å². The van der Waals surface area contributed by atoms with Gasteiger partial charge in [0.15, 0.2) is 0 Å². The van der Waals surface area contributed by atoms with E-state index in [4.69, 9.17) is 0 Å². The molecule has 1 aliphatic heterocycles. The molecule has 2 amide bonds. The van der Waals surface area contributed by atoms with Crippen LogP contribution in [0.15, 0.2) is 24.3 Å². The van der Waals surface area contributed by atoms with E-state index >= 15 is 0 Å². The molecule has 1 heterocycles. The van der Waals surface area contributed by atoms with E-state index < -0.39 is 23.6 Å². The molecule has 2 bridgehead atoms. The molecule has 0 radical (unpaired) electrons. The topological polar surface area (TPSA) is 37.4 Å². The minimum atomic E-state index is -4.52. The van der Waals surface area contributed by atoms with Gasteiger partial charge in [-0.3, -0.25) is 14.5 Å². The lowest BCUT2D eigenvalue weighted by molar-refractivity contribution is -0.137. The smallest absolute Gasteiger partial charge is 0.274 e. The Morgan fingerprint density at radius 2 is 1.54 bits per heavy atom. The lowest BCUT2D eigenvalue weighted by atomic mass is 9.81. The van der Waals surface area contributed by atoms with Crippen molar-refractivity contribution in [3.05, 3.63) is 29.8 Å². The summed E-state index contributed by atoms with van der Waals surface area (Å²) in [5, 5.41) is 0. The zero-order chi connectivity index (χ0) is 17.4. The van der Waals surface area contributed by atoms with Gasteiger partial charge in [-0.2, -0.15) is 13.2 Å². The molecule has 2 aliphatic carbocycles. The highest BCUT2D eigenvalue weighted by atomic mass is 79.9. The average molecular weight is 467 g/mol. The first-order chi connectivity index (χ1) is 11.2. The van der Waals surface area contributed by atoms with Gasteiger partial charge in [0.25, 0.3) is 0 Å². The molecular weight excluding hydrogens is 455 g/mol. The van der Waals surface area contributed by atoms with E-state index in [0.717, 1.165) is 23.5 Å². The summed E-state index contributed by atoms with van der Waals surface area (Å²) in [6.07, 6.45) is -3.73. The Balaban J connectivity index is 1.72. The van der Waals surface area contributed by atoms with Crippen LogP contribution >= 0.6 is 31.9 Å². The van der Waals surface area contributed by atoms with Crippen molar-refractivity contribution in [2.45, 2.75) is 22.3 Å². The van der Waals surface area contributed by atoms with Crippen molar-refractivity contribution in [1.82, 2.24) is 0 Å². The number of alkyl halides is 5. The van der Waals surface area contributed by atoms with Crippen LogP contribution in [0.2, 0.25) is 0 Å². The maximum absolute atomic E-state index is 12.9. The SMILES string of the molecule is O=C1[C@@H]2[C@@H]3C[C@@H]([C@@H](Br)[C@@H]3Br)[C@@H]2C(=O)N1c1cccc(C(F)(F)F)c1. The van der Waals surface area contributed by atoms with Gasteiger partial charge in [0.2, 0.25) is 11.8 Å². The second-order valence-electron chi connectivity index (χ2n) is 6.56. The van der Waals surface area contributed by atoms with E-state index in [-0.39, 0.29) is 39.0 Å². The number of rotatable bonds is 1. The van der Waals surface area contributed by atoms with Gasteiger partial charge >= 0.3 is 6.18 Å². The van der Waals surface area contributed by atoms with Crippen molar-refractivity contribution >= 4 is 49.4 Å². The third-order valence-electron chi connectivity index (χ3n) is 5.42. The summed E-state index contributed by atoms with van der Waals surface area (Å²) in [6.45, 7) is 0. The molecule has 3 nitrogen and oxygen atoms in total. The molecule has 0 spiro atoms. The molecule has 0 aromatic heterocycles. The number of benzene rings is 1. The molecule has 0 N–H and O–H groups in total. The summed E-state index contributed by atoms with van der Waals surface area (Å²) in [6, 6.07) is 4.41. The molecule has 4 rings (SSSR count). The maximum Gasteiger partial charge on any atom is 0.416 e. The highest BCUT2D eigenvalue weighted by molar-refractivity contribution is 9.12. The molecule has 0 unspecified atom stereocenters. The summed E-state index contributed by atoms with van der Waals surface area (Å²) in [7, 11) is 0. The minimum absolute atomic E-state index is 0.00544. The van der Waals surface area contributed by atoms with Gasteiger partial charge in [-0.25, -0.2) is 0 Å². The van der Waals surface area contributed by atoms with Gasteiger partial charge in [-0.05, 0) is 36.5 Å². The number of anilines is 1. The van der Waals surface area contributed by atoms with Crippen LogP contribution in [0.5, 0.6) is 0 Å². The predicted molar refractivity (Wildman–Crippen MR) is 87.9 cm³/mol. The Labute approximate surface area is 152 Å². The Bertz CT molecular complexity index is 706. The van der Waals surface area contributed by atoms with Gasteiger partial charge in [0.1, 0.15) is 0 Å². The number of carbonyl (C=O) groups excluding carboxylic acids is 2. The van der Waals surface area contributed by atoms with Gasteiger partial charge in [0, 0.05) is 9.65 Å². The Morgan fingerprint density at radius 3 is 2.04 bits per heavy atom. The summed E-state index contributed by atoms with van der Waals surface area (Å²) < 4.78 is 38.7. The maximum atomic E-state index is 12.9. The van der Waals surface area contributed by atoms with Crippen LogP contribution in [-0.2, 0) is 15.8 Å². The normalized spacial score (nSPS) is 38.1. The second kappa shape index (κ2) is 5.30. The van der Waals surface area contributed by atoms with Crippen LogP contribution in [0.1, 0.15) is 12.0 Å². The van der Waals surface area contributed by atoms with Crippen molar-refractivity contribution in [1.29, 1.82) is 0 Å². The van der Waals surface area contributed by atoms with E-state index in [0.29, 0.717) is 0 Å². The van der Waals surface area contributed by atoms with Crippen molar-refractivity contribution in [2.75, 3.05) is 4.90 Å². The van der Waals surface area contributed by atoms with Gasteiger partial charge in [-0.1, -0.05) is 37.9 Å². The fraction of sp³-hybridized carbons (Fsp3) is 0.500. The lowest BCUT2D eigenvalue weighted by Crippen LogP contribution is -2.37. The molecular formula is C16H12Br2F3NO2. The zero-order valence-electron chi connectivity index (χ0n) is 12.1. The van der Waals surface area contributed by atoms with E-state index in [1.165, 1.54) is 12.1 Å². The van der Waals surface area contributed by atoms with Gasteiger partial charge < -0.3 is 0 Å². The fourth-order valence-electron chi connectivity index (χ4n) is 4.42. The van der Waals surface area contributed by atoms with Crippen LogP contribution in [-0.4, -0.2) is 21.5 Å². The van der Waals surface area contributed by atoms with E-state index in [1.807, 2.05) is 0 Å². The number of nitrogens with zero attached hydrogens (tertiary/aromatic N) is 1. The van der Waals surface area contributed by atoms with E-state index in [1.54, 1.807) is 0 Å². The summed E-state index contributed by atoms with van der Waals surface area (Å²) in [5.41, 5.74) is -0.858. The van der Waals surface area contributed by atoms with Gasteiger partial charge in [-0.15, -0.1) is 0 Å². The average Bonchev–Trinajstić information content (AvgIpc) is 3.12.